The highest BCUT2D eigenvalue weighted by atomic mass is 16.3. The van der Waals surface area contributed by atoms with Crippen molar-refractivity contribution in [2.75, 3.05) is 6.61 Å². The van der Waals surface area contributed by atoms with Crippen LogP contribution >= 0.6 is 0 Å². The van der Waals surface area contributed by atoms with Gasteiger partial charge in [0.05, 0.1) is 6.61 Å². The maximum atomic E-state index is 8.75. The van der Waals surface area contributed by atoms with Crippen LogP contribution in [0.5, 0.6) is 0 Å². The van der Waals surface area contributed by atoms with Gasteiger partial charge in [0.2, 0.25) is 0 Å². The molecular weight excluding hydrogens is 126 g/mol. The zero-order valence-corrected chi connectivity index (χ0v) is 5.99. The monoisotopic (exact) mass is 137 g/mol. The van der Waals surface area contributed by atoms with Crippen LogP contribution in [0.25, 0.3) is 0 Å². The highest BCUT2D eigenvalue weighted by Crippen LogP contribution is 2.08. The van der Waals surface area contributed by atoms with Crippen molar-refractivity contribution < 1.29 is 5.11 Å². The molecule has 0 aliphatic rings. The van der Waals surface area contributed by atoms with Crippen molar-refractivity contribution in [3.8, 4) is 0 Å². The van der Waals surface area contributed by atoms with E-state index in [0.29, 0.717) is 0 Å². The second-order valence-corrected chi connectivity index (χ2v) is 2.34. The third-order valence-corrected chi connectivity index (χ3v) is 1.47. The van der Waals surface area contributed by atoms with Crippen molar-refractivity contribution >= 4 is 0 Å². The van der Waals surface area contributed by atoms with Crippen LogP contribution in [-0.4, -0.2) is 16.7 Å². The summed E-state index contributed by atoms with van der Waals surface area (Å²) in [7, 11) is 0. The lowest BCUT2D eigenvalue weighted by Crippen LogP contribution is -2.00. The molecule has 0 bridgehead atoms. The number of nitrogens with zero attached hydrogens (tertiary/aromatic N) is 1. The molecule has 1 rings (SSSR count). The first-order chi connectivity index (χ1) is 4.84. The first kappa shape index (κ1) is 7.22. The van der Waals surface area contributed by atoms with Gasteiger partial charge in [-0.05, 0) is 12.1 Å². The summed E-state index contributed by atoms with van der Waals surface area (Å²) >= 11 is 0. The summed E-state index contributed by atoms with van der Waals surface area (Å²) in [6, 6.07) is 5.71. The zero-order chi connectivity index (χ0) is 7.40. The molecule has 0 aliphatic heterocycles. The van der Waals surface area contributed by atoms with Crippen LogP contribution in [0.15, 0.2) is 24.4 Å². The van der Waals surface area contributed by atoms with Gasteiger partial charge in [-0.3, -0.25) is 4.98 Å². The van der Waals surface area contributed by atoms with E-state index < -0.39 is 0 Å². The zero-order valence-electron chi connectivity index (χ0n) is 5.99. The molecule has 0 unspecified atom stereocenters. The second-order valence-electron chi connectivity index (χ2n) is 2.34. The Morgan fingerprint density at radius 1 is 1.60 bits per heavy atom. The van der Waals surface area contributed by atoms with E-state index in [9.17, 15) is 0 Å². The maximum Gasteiger partial charge on any atom is 0.0512 e. The molecule has 1 aromatic heterocycles. The molecule has 1 atom stereocenters. The maximum absolute atomic E-state index is 8.75. The molecule has 1 heterocycles. The van der Waals surface area contributed by atoms with Gasteiger partial charge in [-0.25, -0.2) is 0 Å². The summed E-state index contributed by atoms with van der Waals surface area (Å²) in [6.07, 6.45) is 1.74. The molecule has 0 aromatic carbocycles. The fourth-order valence-corrected chi connectivity index (χ4v) is 0.761. The van der Waals surface area contributed by atoms with Gasteiger partial charge in [0.1, 0.15) is 0 Å². The molecular formula is C8H11NO. The lowest BCUT2D eigenvalue weighted by Gasteiger charge is -2.04. The number of hydrogen-bond acceptors (Lipinski definition) is 2. The molecule has 2 nitrogen and oxygen atoms in total. The quantitative estimate of drug-likeness (QED) is 0.664. The van der Waals surface area contributed by atoms with Gasteiger partial charge in [0.15, 0.2) is 0 Å². The van der Waals surface area contributed by atoms with Gasteiger partial charge in [0.25, 0.3) is 0 Å². The van der Waals surface area contributed by atoms with E-state index >= 15 is 0 Å². The third-order valence-electron chi connectivity index (χ3n) is 1.47. The average Bonchev–Trinajstić information content (AvgIpc) is 2.05. The molecule has 10 heavy (non-hydrogen) atoms. The molecule has 1 N–H and O–H groups in total. The molecule has 0 aliphatic carbocycles. The summed E-state index contributed by atoms with van der Waals surface area (Å²) < 4.78 is 0. The van der Waals surface area contributed by atoms with Crippen molar-refractivity contribution in [1.82, 2.24) is 4.98 Å². The van der Waals surface area contributed by atoms with Crippen LogP contribution in [0, 0.1) is 0 Å². The van der Waals surface area contributed by atoms with Gasteiger partial charge in [0, 0.05) is 17.8 Å². The van der Waals surface area contributed by atoms with Gasteiger partial charge in [-0.15, -0.1) is 0 Å². The molecule has 0 saturated heterocycles. The normalized spacial score (nSPS) is 13.0. The van der Waals surface area contributed by atoms with Crippen LogP contribution in [-0.2, 0) is 0 Å². The minimum absolute atomic E-state index is 0.154. The Labute approximate surface area is 60.5 Å². The van der Waals surface area contributed by atoms with E-state index in [4.69, 9.17) is 5.11 Å². The lowest BCUT2D eigenvalue weighted by atomic mass is 10.1. The first-order valence-corrected chi connectivity index (χ1v) is 3.36. The smallest absolute Gasteiger partial charge is 0.0512 e. The Balaban J connectivity index is 2.75. The van der Waals surface area contributed by atoms with Crippen LogP contribution in [0.4, 0.5) is 0 Å². The Morgan fingerprint density at radius 3 is 2.90 bits per heavy atom. The predicted molar refractivity (Wildman–Crippen MR) is 39.7 cm³/mol. The number of pyridine rings is 1. The number of aliphatic hydroxyl groups excluding tert-OH is 1. The van der Waals surface area contributed by atoms with Gasteiger partial charge >= 0.3 is 0 Å². The summed E-state index contributed by atoms with van der Waals surface area (Å²) in [5.74, 6) is 0.154. The topological polar surface area (TPSA) is 33.1 Å². The Hall–Kier alpha value is -0.890. The fourth-order valence-electron chi connectivity index (χ4n) is 0.761. The van der Waals surface area contributed by atoms with Crippen molar-refractivity contribution in [1.29, 1.82) is 0 Å². The number of rotatable bonds is 2. The lowest BCUT2D eigenvalue weighted by molar-refractivity contribution is 0.271. The van der Waals surface area contributed by atoms with Crippen molar-refractivity contribution in [2.24, 2.45) is 0 Å². The highest BCUT2D eigenvalue weighted by molar-refractivity contribution is 5.07. The van der Waals surface area contributed by atoms with Gasteiger partial charge in [-0.1, -0.05) is 13.0 Å². The highest BCUT2D eigenvalue weighted by Gasteiger charge is 2.01. The largest absolute Gasteiger partial charge is 0.396 e. The average molecular weight is 137 g/mol. The predicted octanol–water partition coefficient (Wildman–Crippen LogP) is 1.18. The molecule has 54 valence electrons. The molecule has 0 spiro atoms. The Bertz CT molecular complexity index is 186. The summed E-state index contributed by atoms with van der Waals surface area (Å²) in [5.41, 5.74) is 0.949. The SMILES string of the molecule is C[C@@H](CO)c1ccccn1. The fraction of sp³-hybridized carbons (Fsp3) is 0.375. The van der Waals surface area contributed by atoms with Gasteiger partial charge in [-0.2, -0.15) is 0 Å². The van der Waals surface area contributed by atoms with E-state index in [0.717, 1.165) is 5.69 Å². The van der Waals surface area contributed by atoms with Crippen molar-refractivity contribution in [3.63, 3.8) is 0 Å². The van der Waals surface area contributed by atoms with Crippen LogP contribution in [0.1, 0.15) is 18.5 Å². The third kappa shape index (κ3) is 1.54. The minimum atomic E-state index is 0.154. The van der Waals surface area contributed by atoms with Crippen LogP contribution < -0.4 is 0 Å². The molecule has 2 heteroatoms. The van der Waals surface area contributed by atoms with E-state index in [1.807, 2.05) is 25.1 Å². The number of aromatic nitrogens is 1. The first-order valence-electron chi connectivity index (χ1n) is 3.36. The van der Waals surface area contributed by atoms with Crippen LogP contribution in [0.2, 0.25) is 0 Å². The van der Waals surface area contributed by atoms with E-state index in [1.54, 1.807) is 6.20 Å². The Kier molecular flexibility index (Phi) is 2.40. The summed E-state index contributed by atoms with van der Waals surface area (Å²) in [5, 5.41) is 8.75. The molecule has 0 radical (unpaired) electrons. The number of hydrogen-bond donors (Lipinski definition) is 1. The van der Waals surface area contributed by atoms with Crippen molar-refractivity contribution in [2.45, 2.75) is 12.8 Å². The number of aliphatic hydroxyl groups is 1. The minimum Gasteiger partial charge on any atom is -0.396 e. The van der Waals surface area contributed by atoms with Crippen LogP contribution in [0.3, 0.4) is 0 Å². The summed E-state index contributed by atoms with van der Waals surface area (Å²) in [6.45, 7) is 2.11. The summed E-state index contributed by atoms with van der Waals surface area (Å²) in [4.78, 5) is 4.09. The van der Waals surface area contributed by atoms with Gasteiger partial charge < -0.3 is 5.11 Å². The molecule has 0 amide bonds. The molecule has 1 aromatic rings. The Morgan fingerprint density at radius 2 is 2.40 bits per heavy atom. The molecule has 0 fully saturated rings. The van der Waals surface area contributed by atoms with E-state index in [-0.39, 0.29) is 12.5 Å². The standard InChI is InChI=1S/C8H11NO/c1-7(6-10)8-4-2-3-5-9-8/h2-5,7,10H,6H2,1H3/t7-/m0/s1. The van der Waals surface area contributed by atoms with E-state index in [1.165, 1.54) is 0 Å². The van der Waals surface area contributed by atoms with Crippen molar-refractivity contribution in [3.05, 3.63) is 30.1 Å². The molecule has 0 saturated carbocycles. The second kappa shape index (κ2) is 3.32. The van der Waals surface area contributed by atoms with E-state index in [2.05, 4.69) is 4.98 Å².